The van der Waals surface area contributed by atoms with Crippen LogP contribution in [0.2, 0.25) is 0 Å². The van der Waals surface area contributed by atoms with E-state index in [1.54, 1.807) is 36.4 Å². The quantitative estimate of drug-likeness (QED) is 0.732. The molecular weight excluding hydrogens is 216 g/mol. The summed E-state index contributed by atoms with van der Waals surface area (Å²) in [6.45, 7) is 0. The van der Waals surface area contributed by atoms with Crippen molar-refractivity contribution in [2.75, 3.05) is 0 Å². The number of aromatic hydroxyl groups is 1. The highest BCUT2D eigenvalue weighted by molar-refractivity contribution is 5.54. The molecule has 0 aliphatic heterocycles. The van der Waals surface area contributed by atoms with Gasteiger partial charge in [0.05, 0.1) is 14.9 Å². The van der Waals surface area contributed by atoms with E-state index in [1.165, 1.54) is 6.08 Å². The van der Waals surface area contributed by atoms with Crippen molar-refractivity contribution in [3.05, 3.63) is 47.6 Å². The summed E-state index contributed by atoms with van der Waals surface area (Å²) in [7, 11) is 0. The molecule has 0 heterocycles. The molecule has 90 valence electrons. The third kappa shape index (κ3) is 3.44. The molecule has 3 nitrogen and oxygen atoms in total. The molecule has 1 aliphatic carbocycles. The minimum atomic E-state index is -1.91. The normalized spacial score (nSPS) is 35.3. The van der Waals surface area contributed by atoms with Crippen LogP contribution >= 0.6 is 0 Å². The predicted octanol–water partition coefficient (Wildman–Crippen LogP) is 1.85. The first-order valence-electron chi connectivity index (χ1n) is 6.39. The fourth-order valence-electron chi connectivity index (χ4n) is 1.72. The van der Waals surface area contributed by atoms with Gasteiger partial charge in [0.1, 0.15) is 5.75 Å². The van der Waals surface area contributed by atoms with Gasteiger partial charge in [-0.3, -0.25) is 0 Å². The maximum atomic E-state index is 9.69. The van der Waals surface area contributed by atoms with Crippen LogP contribution in [-0.2, 0) is 0 Å². The molecule has 0 bridgehead atoms. The van der Waals surface area contributed by atoms with Gasteiger partial charge in [0.2, 0.25) is 0 Å². The molecule has 17 heavy (non-hydrogen) atoms. The number of aliphatic hydroxyl groups is 2. The highest BCUT2D eigenvalue weighted by Gasteiger charge is 2.17. The minimum absolute atomic E-state index is 0.0722. The molecule has 1 aliphatic rings. The van der Waals surface area contributed by atoms with E-state index in [-0.39, 0.29) is 18.6 Å². The van der Waals surface area contributed by atoms with Crippen molar-refractivity contribution in [1.29, 1.82) is 0 Å². The van der Waals surface area contributed by atoms with Gasteiger partial charge in [-0.1, -0.05) is 30.4 Å². The largest absolute Gasteiger partial charge is 0.508 e. The van der Waals surface area contributed by atoms with Crippen molar-refractivity contribution in [3.63, 3.8) is 0 Å². The third-order valence-corrected chi connectivity index (χ3v) is 2.53. The van der Waals surface area contributed by atoms with Gasteiger partial charge in [-0.2, -0.15) is 0 Å². The van der Waals surface area contributed by atoms with Crippen LogP contribution in [0.3, 0.4) is 0 Å². The Bertz CT molecular complexity index is 516. The van der Waals surface area contributed by atoms with Crippen LogP contribution < -0.4 is 0 Å². The van der Waals surface area contributed by atoms with E-state index in [2.05, 4.69) is 0 Å². The summed E-state index contributed by atoms with van der Waals surface area (Å²) in [4.78, 5) is 0. The standard InChI is InChI=1S/C14H16O3/c15-12-5-3-10(4-6-12)1-2-11-7-13(16)9-14(17)8-11/h1-7,13-17H,8-9H2/i13D,14D. The Balaban J connectivity index is 2.18. The van der Waals surface area contributed by atoms with Crippen LogP contribution in [0.4, 0.5) is 0 Å². The van der Waals surface area contributed by atoms with E-state index in [4.69, 9.17) is 7.85 Å². The van der Waals surface area contributed by atoms with Gasteiger partial charge in [-0.05, 0) is 29.7 Å². The molecule has 0 spiro atoms. The molecule has 0 fully saturated rings. The van der Waals surface area contributed by atoms with Gasteiger partial charge < -0.3 is 15.3 Å². The summed E-state index contributed by atoms with van der Waals surface area (Å²) in [6, 6.07) is 6.54. The van der Waals surface area contributed by atoms with Gasteiger partial charge in [-0.15, -0.1) is 0 Å². The molecule has 0 aromatic heterocycles. The van der Waals surface area contributed by atoms with Gasteiger partial charge in [0.15, 0.2) is 0 Å². The van der Waals surface area contributed by atoms with Crippen LogP contribution in [0.1, 0.15) is 21.1 Å². The van der Waals surface area contributed by atoms with Crippen LogP contribution in [0.15, 0.2) is 42.0 Å². The highest BCUT2D eigenvalue weighted by Crippen LogP contribution is 2.21. The van der Waals surface area contributed by atoms with E-state index >= 15 is 0 Å². The molecule has 0 amide bonds. The van der Waals surface area contributed by atoms with Crippen molar-refractivity contribution in [3.8, 4) is 5.75 Å². The molecule has 1 aromatic rings. The Morgan fingerprint density at radius 1 is 1.18 bits per heavy atom. The lowest BCUT2D eigenvalue weighted by Crippen LogP contribution is -2.21. The summed E-state index contributed by atoms with van der Waals surface area (Å²) < 4.78 is 15.1. The number of phenolic OH excluding ortho intramolecular Hbond substituents is 1. The first kappa shape index (κ1) is 9.45. The SMILES string of the molecule is [2H]C1(O)C=C(C=Cc2ccc(O)cc2)CC([2H])(O)C1. The van der Waals surface area contributed by atoms with Crippen molar-refractivity contribution in [2.45, 2.75) is 25.0 Å². The number of hydrogen-bond donors (Lipinski definition) is 3. The third-order valence-electron chi connectivity index (χ3n) is 2.53. The Morgan fingerprint density at radius 3 is 2.53 bits per heavy atom. The number of rotatable bonds is 2. The monoisotopic (exact) mass is 234 g/mol. The number of allylic oxidation sites excluding steroid dienone is 1. The number of hydrogen-bond acceptors (Lipinski definition) is 3. The summed E-state index contributed by atoms with van der Waals surface area (Å²) in [6.07, 6.45) is 0.753. The van der Waals surface area contributed by atoms with E-state index in [0.29, 0.717) is 5.57 Å². The van der Waals surface area contributed by atoms with Crippen molar-refractivity contribution >= 4 is 6.08 Å². The Labute approximate surface area is 103 Å². The zero-order valence-electron chi connectivity index (χ0n) is 11.3. The molecule has 1 aromatic carbocycles. The lowest BCUT2D eigenvalue weighted by molar-refractivity contribution is 0.0950. The molecule has 3 heteroatoms. The van der Waals surface area contributed by atoms with Crippen molar-refractivity contribution < 1.29 is 18.1 Å². The maximum Gasteiger partial charge on any atom is 0.115 e. The predicted molar refractivity (Wildman–Crippen MR) is 66.5 cm³/mol. The van der Waals surface area contributed by atoms with Crippen LogP contribution in [0.5, 0.6) is 5.75 Å². The molecule has 2 rings (SSSR count). The van der Waals surface area contributed by atoms with Gasteiger partial charge in [-0.25, -0.2) is 0 Å². The molecule has 0 saturated carbocycles. The molecular formula is C14H16O3. The molecule has 2 atom stereocenters. The smallest absolute Gasteiger partial charge is 0.115 e. The van der Waals surface area contributed by atoms with Crippen molar-refractivity contribution in [2.24, 2.45) is 0 Å². The van der Waals surface area contributed by atoms with E-state index in [0.717, 1.165) is 5.56 Å². The molecule has 2 unspecified atom stereocenters. The van der Waals surface area contributed by atoms with Crippen LogP contribution in [0, 0.1) is 0 Å². The summed E-state index contributed by atoms with van der Waals surface area (Å²) in [5.41, 5.74) is 1.38. The zero-order valence-corrected chi connectivity index (χ0v) is 9.30. The van der Waals surface area contributed by atoms with E-state index in [9.17, 15) is 10.2 Å². The Kier molecular flexibility index (Phi) is 2.87. The molecule has 0 radical (unpaired) electrons. The second-order valence-corrected chi connectivity index (χ2v) is 4.06. The second-order valence-electron chi connectivity index (χ2n) is 4.06. The molecule has 3 N–H and O–H groups in total. The first-order chi connectivity index (χ1) is 8.76. The first-order valence-corrected chi connectivity index (χ1v) is 5.39. The Hall–Kier alpha value is -1.58. The number of benzene rings is 1. The van der Waals surface area contributed by atoms with Crippen molar-refractivity contribution in [1.82, 2.24) is 0 Å². The van der Waals surface area contributed by atoms with Gasteiger partial charge in [0, 0.05) is 6.42 Å². The zero-order chi connectivity index (χ0) is 14.1. The fraction of sp³-hybridized carbons (Fsp3) is 0.286. The lowest BCUT2D eigenvalue weighted by Gasteiger charge is -2.20. The Morgan fingerprint density at radius 2 is 1.88 bits per heavy atom. The van der Waals surface area contributed by atoms with Crippen LogP contribution in [0.25, 0.3) is 6.08 Å². The molecule has 0 saturated heterocycles. The highest BCUT2D eigenvalue weighted by atomic mass is 16.3. The number of phenols is 1. The maximum absolute atomic E-state index is 9.69. The average molecular weight is 234 g/mol. The summed E-state index contributed by atoms with van der Waals surface area (Å²) >= 11 is 0. The van der Waals surface area contributed by atoms with Gasteiger partial charge in [0.25, 0.3) is 0 Å². The lowest BCUT2D eigenvalue weighted by atomic mass is 9.94. The second kappa shape index (κ2) is 5.17. The topological polar surface area (TPSA) is 60.7 Å². The van der Waals surface area contributed by atoms with Gasteiger partial charge >= 0.3 is 0 Å². The van der Waals surface area contributed by atoms with Crippen LogP contribution in [-0.4, -0.2) is 27.5 Å². The summed E-state index contributed by atoms with van der Waals surface area (Å²) in [5.74, 6) is 0.176. The minimum Gasteiger partial charge on any atom is -0.508 e. The fourth-order valence-corrected chi connectivity index (χ4v) is 1.72. The average Bonchev–Trinajstić information content (AvgIpc) is 2.24. The van der Waals surface area contributed by atoms with E-state index in [1.807, 2.05) is 0 Å². The summed E-state index contributed by atoms with van der Waals surface area (Å²) in [5, 5.41) is 28.5. The van der Waals surface area contributed by atoms with E-state index < -0.39 is 12.2 Å².